The van der Waals surface area contributed by atoms with Gasteiger partial charge in [-0.3, -0.25) is 4.68 Å². The lowest BCUT2D eigenvalue weighted by atomic mass is 10.1. The van der Waals surface area contributed by atoms with E-state index < -0.39 is 0 Å². The van der Waals surface area contributed by atoms with Gasteiger partial charge < -0.3 is 10.5 Å². The summed E-state index contributed by atoms with van der Waals surface area (Å²) in [4.78, 5) is 0. The van der Waals surface area contributed by atoms with Crippen molar-refractivity contribution >= 4 is 27.5 Å². The second kappa shape index (κ2) is 5.30. The van der Waals surface area contributed by atoms with Crippen LogP contribution in [-0.2, 0) is 13.6 Å². The molecule has 1 aromatic heterocycles. The molecule has 0 amide bonds. The smallest absolute Gasteiger partial charge is 0.128 e. The molecule has 0 aliphatic rings. The lowest BCUT2D eigenvalue weighted by Gasteiger charge is -2.07. The number of nitrogens with two attached hydrogens (primary N) is 1. The number of rotatable bonds is 3. The summed E-state index contributed by atoms with van der Waals surface area (Å²) < 4.78 is 7.95. The largest absolute Gasteiger partial charge is 0.496 e. The summed E-state index contributed by atoms with van der Waals surface area (Å²) >= 11 is 9.55. The Hall–Kier alpha value is -1.04. The summed E-state index contributed by atoms with van der Waals surface area (Å²) in [5.41, 5.74) is 8.23. The molecule has 0 unspecified atom stereocenters. The Morgan fingerprint density at radius 2 is 2.22 bits per heavy atom. The summed E-state index contributed by atoms with van der Waals surface area (Å²) in [5, 5.41) is 5.09. The third-order valence-electron chi connectivity index (χ3n) is 2.71. The molecule has 0 aliphatic heterocycles. The number of nitrogens with zero attached hydrogens (tertiary/aromatic N) is 2. The van der Waals surface area contributed by atoms with Crippen molar-refractivity contribution in [2.45, 2.75) is 6.54 Å². The van der Waals surface area contributed by atoms with Crippen molar-refractivity contribution in [3.8, 4) is 17.0 Å². The van der Waals surface area contributed by atoms with Crippen molar-refractivity contribution in [2.24, 2.45) is 12.8 Å². The van der Waals surface area contributed by atoms with Crippen LogP contribution in [0.25, 0.3) is 11.3 Å². The maximum Gasteiger partial charge on any atom is 0.128 e. The van der Waals surface area contributed by atoms with Crippen LogP contribution < -0.4 is 10.5 Å². The molecule has 18 heavy (non-hydrogen) atoms. The first-order valence-corrected chi connectivity index (χ1v) is 6.51. The van der Waals surface area contributed by atoms with Crippen LogP contribution in [0.5, 0.6) is 5.75 Å². The molecule has 2 rings (SSSR count). The Morgan fingerprint density at radius 1 is 1.50 bits per heavy atom. The van der Waals surface area contributed by atoms with Crippen LogP contribution in [0.2, 0.25) is 5.02 Å². The van der Waals surface area contributed by atoms with Crippen molar-refractivity contribution in [3.63, 3.8) is 0 Å². The van der Waals surface area contributed by atoms with E-state index in [2.05, 4.69) is 21.0 Å². The molecule has 1 heterocycles. The van der Waals surface area contributed by atoms with E-state index in [4.69, 9.17) is 22.1 Å². The van der Waals surface area contributed by atoms with Gasteiger partial charge >= 0.3 is 0 Å². The van der Waals surface area contributed by atoms with E-state index in [1.165, 1.54) is 0 Å². The van der Waals surface area contributed by atoms with Crippen molar-refractivity contribution in [1.29, 1.82) is 0 Å². The summed E-state index contributed by atoms with van der Waals surface area (Å²) in [6, 6.07) is 5.43. The van der Waals surface area contributed by atoms with Gasteiger partial charge in [0, 0.05) is 24.2 Å². The van der Waals surface area contributed by atoms with Crippen molar-refractivity contribution < 1.29 is 4.74 Å². The van der Waals surface area contributed by atoms with Crippen LogP contribution in [0, 0.1) is 0 Å². The second-order valence-electron chi connectivity index (χ2n) is 3.78. The fourth-order valence-electron chi connectivity index (χ4n) is 1.79. The molecule has 6 heteroatoms. The van der Waals surface area contributed by atoms with Gasteiger partial charge in [0.05, 0.1) is 17.3 Å². The van der Waals surface area contributed by atoms with E-state index in [1.54, 1.807) is 17.9 Å². The quantitative estimate of drug-likeness (QED) is 0.941. The number of aryl methyl sites for hydroxylation is 1. The van der Waals surface area contributed by atoms with Crippen LogP contribution in [0.15, 0.2) is 22.7 Å². The number of ether oxygens (including phenoxy) is 1. The molecule has 1 aromatic carbocycles. The average Bonchev–Trinajstić information content (AvgIpc) is 2.64. The van der Waals surface area contributed by atoms with Crippen LogP contribution in [0.3, 0.4) is 0 Å². The molecule has 0 atom stereocenters. The predicted molar refractivity (Wildman–Crippen MR) is 75.8 cm³/mol. The highest BCUT2D eigenvalue weighted by Gasteiger charge is 2.17. The van der Waals surface area contributed by atoms with E-state index in [9.17, 15) is 0 Å². The Labute approximate surface area is 119 Å². The Bertz CT molecular complexity index is 583. The molecule has 2 aromatic rings. The molecule has 0 saturated carbocycles. The first kappa shape index (κ1) is 13.4. The first-order chi connectivity index (χ1) is 8.58. The number of hydrogen-bond donors (Lipinski definition) is 1. The van der Waals surface area contributed by atoms with E-state index >= 15 is 0 Å². The number of methoxy groups -OCH3 is 1. The summed E-state index contributed by atoms with van der Waals surface area (Å²) in [6.07, 6.45) is 0. The predicted octanol–water partition coefficient (Wildman–Crippen LogP) is 2.97. The molecular weight excluding hydrogens is 318 g/mol. The molecule has 0 radical (unpaired) electrons. The molecule has 0 saturated heterocycles. The third-order valence-corrected chi connectivity index (χ3v) is 3.78. The molecular formula is C12H13BrClN3O. The summed E-state index contributed by atoms with van der Waals surface area (Å²) in [5.74, 6) is 0.724. The van der Waals surface area contributed by atoms with Gasteiger partial charge in [-0.15, -0.1) is 0 Å². The fraction of sp³-hybridized carbons (Fsp3) is 0.250. The minimum absolute atomic E-state index is 0.410. The summed E-state index contributed by atoms with van der Waals surface area (Å²) in [7, 11) is 3.47. The normalized spacial score (nSPS) is 10.7. The molecule has 0 bridgehead atoms. The Balaban J connectivity index is 2.65. The Kier molecular flexibility index (Phi) is 3.94. The minimum Gasteiger partial charge on any atom is -0.496 e. The molecule has 0 aliphatic carbocycles. The van der Waals surface area contributed by atoms with Crippen LogP contribution in [0.1, 0.15) is 5.69 Å². The summed E-state index contributed by atoms with van der Waals surface area (Å²) in [6.45, 7) is 0.410. The fourth-order valence-corrected chi connectivity index (χ4v) is 2.68. The highest BCUT2D eigenvalue weighted by atomic mass is 79.9. The van der Waals surface area contributed by atoms with Gasteiger partial charge in [-0.1, -0.05) is 11.6 Å². The van der Waals surface area contributed by atoms with E-state index in [0.717, 1.165) is 27.2 Å². The van der Waals surface area contributed by atoms with Gasteiger partial charge in [-0.2, -0.15) is 5.10 Å². The van der Waals surface area contributed by atoms with E-state index in [-0.39, 0.29) is 0 Å². The van der Waals surface area contributed by atoms with Gasteiger partial charge in [-0.05, 0) is 34.1 Å². The standard InChI is InChI=1S/C12H13BrClN3O/c1-17-9(6-15)11(13)12(16-17)8-5-7(14)3-4-10(8)18-2/h3-5H,6,15H2,1-2H3. The van der Waals surface area contributed by atoms with Gasteiger partial charge in [0.15, 0.2) is 0 Å². The van der Waals surface area contributed by atoms with Crippen molar-refractivity contribution in [3.05, 3.63) is 33.4 Å². The lowest BCUT2D eigenvalue weighted by molar-refractivity contribution is 0.416. The number of hydrogen-bond acceptors (Lipinski definition) is 3. The van der Waals surface area contributed by atoms with Gasteiger partial charge in [0.2, 0.25) is 0 Å². The SMILES string of the molecule is COc1ccc(Cl)cc1-c1nn(C)c(CN)c1Br. The minimum atomic E-state index is 0.410. The average molecular weight is 331 g/mol. The molecule has 0 fully saturated rings. The number of benzene rings is 1. The second-order valence-corrected chi connectivity index (χ2v) is 5.01. The van der Waals surface area contributed by atoms with E-state index in [1.807, 2.05) is 19.2 Å². The maximum absolute atomic E-state index is 6.03. The molecule has 4 nitrogen and oxygen atoms in total. The lowest BCUT2D eigenvalue weighted by Crippen LogP contribution is -2.04. The maximum atomic E-state index is 6.03. The highest BCUT2D eigenvalue weighted by Crippen LogP contribution is 2.37. The van der Waals surface area contributed by atoms with Gasteiger partial charge in [-0.25, -0.2) is 0 Å². The van der Waals surface area contributed by atoms with Crippen LogP contribution in [-0.4, -0.2) is 16.9 Å². The number of aromatic nitrogens is 2. The van der Waals surface area contributed by atoms with Gasteiger partial charge in [0.1, 0.15) is 11.4 Å². The Morgan fingerprint density at radius 3 is 2.78 bits per heavy atom. The third kappa shape index (κ3) is 2.25. The zero-order valence-corrected chi connectivity index (χ0v) is 12.4. The molecule has 0 spiro atoms. The van der Waals surface area contributed by atoms with Crippen molar-refractivity contribution in [2.75, 3.05) is 7.11 Å². The van der Waals surface area contributed by atoms with E-state index in [0.29, 0.717) is 11.6 Å². The van der Waals surface area contributed by atoms with Gasteiger partial charge in [0.25, 0.3) is 0 Å². The molecule has 96 valence electrons. The zero-order valence-electron chi connectivity index (χ0n) is 10.1. The monoisotopic (exact) mass is 329 g/mol. The van der Waals surface area contributed by atoms with Crippen LogP contribution >= 0.6 is 27.5 Å². The topological polar surface area (TPSA) is 53.1 Å². The van der Waals surface area contributed by atoms with Crippen LogP contribution in [0.4, 0.5) is 0 Å². The zero-order chi connectivity index (χ0) is 13.3. The van der Waals surface area contributed by atoms with Crippen molar-refractivity contribution in [1.82, 2.24) is 9.78 Å². The first-order valence-electron chi connectivity index (χ1n) is 5.33. The molecule has 2 N–H and O–H groups in total. The highest BCUT2D eigenvalue weighted by molar-refractivity contribution is 9.10. The number of halogens is 2.